The smallest absolute Gasteiger partial charge is 0.304 e. The van der Waals surface area contributed by atoms with Crippen molar-refractivity contribution in [3.63, 3.8) is 0 Å². The van der Waals surface area contributed by atoms with Crippen LogP contribution in [0.25, 0.3) is 0 Å². The van der Waals surface area contributed by atoms with Gasteiger partial charge < -0.3 is 4.55 Å². The zero-order valence-corrected chi connectivity index (χ0v) is 14.8. The number of benzene rings is 2. The third-order valence-corrected chi connectivity index (χ3v) is 5.10. The highest BCUT2D eigenvalue weighted by molar-refractivity contribution is 7.85. The molecule has 1 unspecified atom stereocenters. The lowest BCUT2D eigenvalue weighted by Gasteiger charge is -2.21. The average molecular weight is 411 g/mol. The van der Waals surface area contributed by atoms with Crippen molar-refractivity contribution in [3.05, 3.63) is 64.2 Å². The predicted molar refractivity (Wildman–Crippen MR) is 82.4 cm³/mol. The van der Waals surface area contributed by atoms with Crippen LogP contribution in [0.4, 0.5) is 26.3 Å². The summed E-state index contributed by atoms with van der Waals surface area (Å²) >= 11 is 0. The molecule has 0 aliphatic rings. The second-order valence-corrected chi connectivity index (χ2v) is 7.24. The van der Waals surface area contributed by atoms with E-state index in [0.29, 0.717) is 12.0 Å². The number of hydrogen-bond donors (Lipinski definition) is 0. The fourth-order valence-electron chi connectivity index (χ4n) is 2.51. The van der Waals surface area contributed by atoms with Crippen LogP contribution in [0.2, 0.25) is 0 Å². The van der Waals surface area contributed by atoms with E-state index in [-0.39, 0.29) is 5.92 Å². The maximum atomic E-state index is 14.6. The van der Waals surface area contributed by atoms with Crippen LogP contribution in [0.1, 0.15) is 42.9 Å². The van der Waals surface area contributed by atoms with Crippen LogP contribution in [0.15, 0.2) is 29.2 Å². The maximum absolute atomic E-state index is 14.6. The van der Waals surface area contributed by atoms with Crippen molar-refractivity contribution in [3.8, 4) is 0 Å². The quantitative estimate of drug-likeness (QED) is 0.404. The Morgan fingerprint density at radius 3 is 1.78 bits per heavy atom. The molecule has 2 aromatic rings. The molecule has 148 valence electrons. The molecule has 0 N–H and O–H groups in total. The molecule has 0 saturated carbocycles. The molecule has 3 nitrogen and oxygen atoms in total. The van der Waals surface area contributed by atoms with Gasteiger partial charge in [-0.1, -0.05) is 38.1 Å². The van der Waals surface area contributed by atoms with E-state index < -0.39 is 55.3 Å². The van der Waals surface area contributed by atoms with Gasteiger partial charge in [0.15, 0.2) is 23.3 Å². The van der Waals surface area contributed by atoms with Crippen molar-refractivity contribution < 1.29 is 39.3 Å². The van der Waals surface area contributed by atoms with Gasteiger partial charge in [-0.15, -0.1) is 0 Å². The molecule has 0 aliphatic heterocycles. The van der Waals surface area contributed by atoms with Gasteiger partial charge in [-0.3, -0.25) is 0 Å². The fourth-order valence-corrected chi connectivity index (χ4v) is 3.13. The molecule has 0 bridgehead atoms. The van der Waals surface area contributed by atoms with Gasteiger partial charge in [-0.05, 0) is 17.9 Å². The molecule has 0 fully saturated rings. The molecule has 0 amide bonds. The molecule has 0 spiro atoms. The predicted octanol–water partition coefficient (Wildman–Crippen LogP) is 4.80. The van der Waals surface area contributed by atoms with Crippen LogP contribution in [0.5, 0.6) is 0 Å². The van der Waals surface area contributed by atoms with Gasteiger partial charge in [0, 0.05) is 5.56 Å². The van der Waals surface area contributed by atoms with Crippen LogP contribution in [0, 0.1) is 23.3 Å². The molecule has 2 aromatic carbocycles. The lowest BCUT2D eigenvalue weighted by atomic mass is 9.94. The zero-order valence-electron chi connectivity index (χ0n) is 14.0. The Balaban J connectivity index is 2.70. The Bertz CT molecular complexity index is 942. The second kappa shape index (κ2) is 7.16. The lowest BCUT2D eigenvalue weighted by molar-refractivity contribution is 0.0325. The van der Waals surface area contributed by atoms with Crippen molar-refractivity contribution in [1.82, 2.24) is 0 Å². The van der Waals surface area contributed by atoms with E-state index in [0.717, 1.165) is 12.1 Å². The summed E-state index contributed by atoms with van der Waals surface area (Å²) in [4.78, 5) is -2.48. The van der Waals surface area contributed by atoms with E-state index in [2.05, 4.69) is 0 Å². The third-order valence-electron chi connectivity index (χ3n) is 4.24. The Morgan fingerprint density at radius 2 is 1.41 bits per heavy atom. The lowest BCUT2D eigenvalue weighted by Crippen LogP contribution is -2.23. The molecule has 0 aliphatic carbocycles. The molecule has 2 rings (SSSR count). The molecule has 0 aromatic heterocycles. The average Bonchev–Trinajstić information content (AvgIpc) is 2.58. The number of alkyl halides is 2. The summed E-state index contributed by atoms with van der Waals surface area (Å²) in [5, 5.41) is 0. The first-order valence-electron chi connectivity index (χ1n) is 7.64. The monoisotopic (exact) mass is 411 g/mol. The van der Waals surface area contributed by atoms with E-state index in [1.54, 1.807) is 0 Å². The van der Waals surface area contributed by atoms with E-state index in [4.69, 9.17) is 0 Å². The van der Waals surface area contributed by atoms with Crippen LogP contribution < -0.4 is 0 Å². The van der Waals surface area contributed by atoms with Gasteiger partial charge in [0.25, 0.3) is 0 Å². The van der Waals surface area contributed by atoms with Crippen molar-refractivity contribution in [2.45, 2.75) is 37.0 Å². The summed E-state index contributed by atoms with van der Waals surface area (Å²) in [6.45, 7) is 3.68. The topological polar surface area (TPSA) is 57.2 Å². The Kier molecular flexibility index (Phi) is 5.63. The molecular weight excluding hydrogens is 398 g/mol. The van der Waals surface area contributed by atoms with Gasteiger partial charge in [-0.25, -0.2) is 26.0 Å². The molecule has 1 atom stereocenters. The summed E-state index contributed by atoms with van der Waals surface area (Å²) in [7, 11) is -5.98. The van der Waals surface area contributed by atoms with Crippen molar-refractivity contribution >= 4 is 10.1 Å². The largest absolute Gasteiger partial charge is 0.744 e. The number of rotatable bonds is 5. The van der Waals surface area contributed by atoms with Crippen molar-refractivity contribution in [1.29, 1.82) is 0 Å². The molecule has 0 heterocycles. The highest BCUT2D eigenvalue weighted by atomic mass is 32.2. The van der Waals surface area contributed by atoms with Gasteiger partial charge in [0.2, 0.25) is 0 Å². The van der Waals surface area contributed by atoms with Crippen molar-refractivity contribution in [2.24, 2.45) is 0 Å². The molecule has 0 saturated heterocycles. The Hall–Kier alpha value is -2.07. The van der Waals surface area contributed by atoms with Crippen LogP contribution in [-0.2, 0) is 16.0 Å². The van der Waals surface area contributed by atoms with Gasteiger partial charge in [-0.2, -0.15) is 8.78 Å². The van der Waals surface area contributed by atoms with E-state index in [1.807, 2.05) is 13.8 Å². The first-order valence-corrected chi connectivity index (χ1v) is 9.05. The summed E-state index contributed by atoms with van der Waals surface area (Å²) < 4.78 is 117. The zero-order chi connectivity index (χ0) is 20.7. The molecular formula is C17H13F6O3S-. The molecule has 0 radical (unpaired) electrons. The highest BCUT2D eigenvalue weighted by Crippen LogP contribution is 2.42. The first kappa shape index (κ1) is 21.2. The normalized spacial score (nSPS) is 13.7. The van der Waals surface area contributed by atoms with Crippen LogP contribution >= 0.6 is 0 Å². The Morgan fingerprint density at radius 1 is 0.963 bits per heavy atom. The summed E-state index contributed by atoms with van der Waals surface area (Å²) in [5.74, 6) is -15.2. The van der Waals surface area contributed by atoms with Gasteiger partial charge >= 0.3 is 5.92 Å². The number of hydrogen-bond acceptors (Lipinski definition) is 3. The summed E-state index contributed by atoms with van der Waals surface area (Å²) in [6.07, 6.45) is 0.695. The fraction of sp³-hybridized carbons (Fsp3) is 0.294. The molecule has 10 heteroatoms. The van der Waals surface area contributed by atoms with Crippen LogP contribution in [-0.4, -0.2) is 13.0 Å². The third kappa shape index (κ3) is 3.68. The van der Waals surface area contributed by atoms with E-state index in [9.17, 15) is 39.3 Å². The minimum atomic E-state index is -5.98. The maximum Gasteiger partial charge on any atom is 0.304 e. The summed E-state index contributed by atoms with van der Waals surface area (Å²) in [6, 6.07) is 4.23. The molecule has 27 heavy (non-hydrogen) atoms. The SMILES string of the molecule is CCC(C)c1ccc(C(F)(F)c2c(F)c(F)c(S(=O)(=O)[O-])c(F)c2F)cc1. The minimum absolute atomic E-state index is 0.0116. The highest BCUT2D eigenvalue weighted by Gasteiger charge is 2.44. The first-order chi connectivity index (χ1) is 12.3. The van der Waals surface area contributed by atoms with Gasteiger partial charge in [0.05, 0.1) is 0 Å². The van der Waals surface area contributed by atoms with Crippen molar-refractivity contribution in [2.75, 3.05) is 0 Å². The van der Waals surface area contributed by atoms with E-state index >= 15 is 0 Å². The van der Waals surface area contributed by atoms with E-state index in [1.165, 1.54) is 12.1 Å². The summed E-state index contributed by atoms with van der Waals surface area (Å²) in [5.41, 5.74) is -2.63. The minimum Gasteiger partial charge on any atom is -0.744 e. The van der Waals surface area contributed by atoms with Crippen LogP contribution in [0.3, 0.4) is 0 Å². The van der Waals surface area contributed by atoms with Gasteiger partial charge in [0.1, 0.15) is 20.6 Å². The standard InChI is InChI=1S/C17H14F6O3S/c1-3-8(2)9-4-6-10(7-5-9)17(22,23)11-12(18)14(20)16(27(24,25)26)15(21)13(11)19/h4-8H,3H2,1-2H3,(H,24,25,26)/p-1. The number of halogens is 6. The Labute approximate surface area is 151 Å². The second-order valence-electron chi connectivity index (χ2n) is 5.92.